The molecule has 0 aromatic carbocycles. The maximum absolute atomic E-state index is 12.5. The van der Waals surface area contributed by atoms with Gasteiger partial charge >= 0.3 is 0 Å². The maximum atomic E-state index is 12.5. The standard InChI is InChI=1S/C18H26N4O3S2/c1-11(2)4-6-19-17(23)15-12(3)14-16(21-10-22-18(14)26-15)20-8-13-5-7-27(24,25)9-13/h10-11,13H,4-9H2,1-3H3,(H,19,23)(H,20,21,22). The van der Waals surface area contributed by atoms with E-state index < -0.39 is 9.84 Å². The fourth-order valence-corrected chi connectivity index (χ4v) is 6.18. The molecular weight excluding hydrogens is 384 g/mol. The summed E-state index contributed by atoms with van der Waals surface area (Å²) in [6.45, 7) is 7.36. The number of rotatable bonds is 7. The van der Waals surface area contributed by atoms with Gasteiger partial charge in [0.25, 0.3) is 5.91 Å². The monoisotopic (exact) mass is 410 g/mol. The highest BCUT2D eigenvalue weighted by molar-refractivity contribution is 7.91. The molecule has 1 fully saturated rings. The molecule has 0 radical (unpaired) electrons. The van der Waals surface area contributed by atoms with Gasteiger partial charge in [0.05, 0.1) is 21.8 Å². The summed E-state index contributed by atoms with van der Waals surface area (Å²) in [5, 5.41) is 7.10. The van der Waals surface area contributed by atoms with E-state index in [9.17, 15) is 13.2 Å². The molecule has 3 heterocycles. The molecule has 1 saturated heterocycles. The molecule has 1 aliphatic rings. The smallest absolute Gasteiger partial charge is 0.261 e. The van der Waals surface area contributed by atoms with Crippen molar-refractivity contribution in [3.8, 4) is 0 Å². The predicted molar refractivity (Wildman–Crippen MR) is 109 cm³/mol. The number of hydrogen-bond acceptors (Lipinski definition) is 7. The highest BCUT2D eigenvalue weighted by Gasteiger charge is 2.28. The lowest BCUT2D eigenvalue weighted by Crippen LogP contribution is -2.25. The minimum absolute atomic E-state index is 0.0796. The molecule has 1 unspecified atom stereocenters. The van der Waals surface area contributed by atoms with E-state index in [1.165, 1.54) is 17.7 Å². The molecule has 1 amide bonds. The molecule has 0 saturated carbocycles. The Bertz CT molecular complexity index is 937. The second kappa shape index (κ2) is 8.10. The number of anilines is 1. The summed E-state index contributed by atoms with van der Waals surface area (Å²) in [6, 6.07) is 0. The van der Waals surface area contributed by atoms with Gasteiger partial charge in [-0.2, -0.15) is 0 Å². The summed E-state index contributed by atoms with van der Waals surface area (Å²) in [4.78, 5) is 22.6. The van der Waals surface area contributed by atoms with Crippen molar-refractivity contribution >= 4 is 43.1 Å². The van der Waals surface area contributed by atoms with Crippen LogP contribution >= 0.6 is 11.3 Å². The van der Waals surface area contributed by atoms with Crippen LogP contribution in [0.1, 0.15) is 41.9 Å². The molecule has 3 rings (SSSR count). The molecular formula is C18H26N4O3S2. The summed E-state index contributed by atoms with van der Waals surface area (Å²) >= 11 is 1.36. The number of thiophene rings is 1. The van der Waals surface area contributed by atoms with Gasteiger partial charge in [-0.3, -0.25) is 4.79 Å². The van der Waals surface area contributed by atoms with Crippen molar-refractivity contribution in [2.75, 3.05) is 29.9 Å². The van der Waals surface area contributed by atoms with Crippen molar-refractivity contribution in [1.82, 2.24) is 15.3 Å². The zero-order valence-corrected chi connectivity index (χ0v) is 17.5. The third-order valence-electron chi connectivity index (χ3n) is 4.83. The van der Waals surface area contributed by atoms with Crippen molar-refractivity contribution in [2.45, 2.75) is 33.6 Å². The van der Waals surface area contributed by atoms with Crippen LogP contribution < -0.4 is 10.6 Å². The quantitative estimate of drug-likeness (QED) is 0.728. The summed E-state index contributed by atoms with van der Waals surface area (Å²) in [6.07, 6.45) is 3.09. The number of amides is 1. The van der Waals surface area contributed by atoms with E-state index in [-0.39, 0.29) is 23.3 Å². The van der Waals surface area contributed by atoms with E-state index in [1.807, 2.05) is 6.92 Å². The number of aryl methyl sites for hydroxylation is 1. The summed E-state index contributed by atoms with van der Waals surface area (Å²) in [5.74, 6) is 1.70. The second-order valence-corrected chi connectivity index (χ2v) is 10.8. The van der Waals surface area contributed by atoms with Gasteiger partial charge in [-0.25, -0.2) is 18.4 Å². The Morgan fingerprint density at radius 1 is 1.37 bits per heavy atom. The second-order valence-electron chi connectivity index (χ2n) is 7.55. The number of carbonyl (C=O) groups excluding carboxylic acids is 1. The van der Waals surface area contributed by atoms with Crippen LogP contribution in [-0.4, -0.2) is 48.9 Å². The van der Waals surface area contributed by atoms with Crippen LogP contribution in [0.4, 0.5) is 5.82 Å². The minimum Gasteiger partial charge on any atom is -0.369 e. The average molecular weight is 411 g/mol. The van der Waals surface area contributed by atoms with Crippen molar-refractivity contribution in [2.24, 2.45) is 11.8 Å². The number of carbonyl (C=O) groups is 1. The number of sulfone groups is 1. The van der Waals surface area contributed by atoms with Crippen LogP contribution in [0.3, 0.4) is 0 Å². The molecule has 148 valence electrons. The Morgan fingerprint density at radius 3 is 2.81 bits per heavy atom. The van der Waals surface area contributed by atoms with E-state index in [4.69, 9.17) is 0 Å². The first-order valence-corrected chi connectivity index (χ1v) is 11.9. The lowest BCUT2D eigenvalue weighted by Gasteiger charge is -2.11. The van der Waals surface area contributed by atoms with Crippen LogP contribution in [0, 0.1) is 18.8 Å². The van der Waals surface area contributed by atoms with Crippen molar-refractivity contribution in [1.29, 1.82) is 0 Å². The highest BCUT2D eigenvalue weighted by Crippen LogP contribution is 2.33. The Morgan fingerprint density at radius 2 is 2.15 bits per heavy atom. The largest absolute Gasteiger partial charge is 0.369 e. The first-order chi connectivity index (χ1) is 12.8. The van der Waals surface area contributed by atoms with Crippen molar-refractivity contribution < 1.29 is 13.2 Å². The molecule has 27 heavy (non-hydrogen) atoms. The van der Waals surface area contributed by atoms with Crippen molar-refractivity contribution in [3.63, 3.8) is 0 Å². The normalized spacial score (nSPS) is 18.9. The van der Waals surface area contributed by atoms with Crippen LogP contribution in [0.5, 0.6) is 0 Å². The molecule has 1 atom stereocenters. The zero-order chi connectivity index (χ0) is 19.6. The van der Waals surface area contributed by atoms with E-state index in [1.54, 1.807) is 0 Å². The van der Waals surface area contributed by atoms with Crippen LogP contribution in [0.2, 0.25) is 0 Å². The lowest BCUT2D eigenvalue weighted by molar-refractivity contribution is 0.0955. The third kappa shape index (κ3) is 4.76. The van der Waals surface area contributed by atoms with Gasteiger partial charge in [-0.15, -0.1) is 11.3 Å². The molecule has 0 spiro atoms. The number of aromatic nitrogens is 2. The maximum Gasteiger partial charge on any atom is 0.261 e. The third-order valence-corrected chi connectivity index (χ3v) is 7.86. The van der Waals surface area contributed by atoms with Gasteiger partial charge in [0.1, 0.15) is 17.0 Å². The summed E-state index contributed by atoms with van der Waals surface area (Å²) in [7, 11) is -2.90. The molecule has 2 aromatic heterocycles. The fourth-order valence-electron chi connectivity index (χ4n) is 3.25. The van der Waals surface area contributed by atoms with E-state index in [0.717, 1.165) is 22.2 Å². The fraction of sp³-hybridized carbons (Fsp3) is 0.611. The Balaban J connectivity index is 1.75. The SMILES string of the molecule is Cc1c(C(=O)NCCC(C)C)sc2ncnc(NCC3CCS(=O)(=O)C3)c12. The predicted octanol–water partition coefficient (Wildman–Crippen LogP) is 2.62. The van der Waals surface area contributed by atoms with Crippen molar-refractivity contribution in [3.05, 3.63) is 16.8 Å². The molecule has 2 aromatic rings. The highest BCUT2D eigenvalue weighted by atomic mass is 32.2. The van der Waals surface area contributed by atoms with Gasteiger partial charge in [0.15, 0.2) is 9.84 Å². The summed E-state index contributed by atoms with van der Waals surface area (Å²) in [5.41, 5.74) is 0.860. The topological polar surface area (TPSA) is 101 Å². The molecule has 1 aliphatic heterocycles. The van der Waals surface area contributed by atoms with Gasteiger partial charge in [-0.05, 0) is 37.2 Å². The minimum atomic E-state index is -2.90. The first kappa shape index (κ1) is 20.0. The molecule has 0 aliphatic carbocycles. The summed E-state index contributed by atoms with van der Waals surface area (Å²) < 4.78 is 23.3. The van der Waals surface area contributed by atoms with Gasteiger partial charge in [0.2, 0.25) is 0 Å². The lowest BCUT2D eigenvalue weighted by atomic mass is 10.1. The van der Waals surface area contributed by atoms with E-state index in [0.29, 0.717) is 36.1 Å². The van der Waals surface area contributed by atoms with Crippen LogP contribution in [0.25, 0.3) is 10.2 Å². The van der Waals surface area contributed by atoms with E-state index >= 15 is 0 Å². The number of hydrogen-bond donors (Lipinski definition) is 2. The Kier molecular flexibility index (Phi) is 6.00. The van der Waals surface area contributed by atoms with Crippen LogP contribution in [0.15, 0.2) is 6.33 Å². The molecule has 0 bridgehead atoms. The molecule has 2 N–H and O–H groups in total. The number of nitrogens with zero attached hydrogens (tertiary/aromatic N) is 2. The number of fused-ring (bicyclic) bond motifs is 1. The molecule has 9 heteroatoms. The molecule has 7 nitrogen and oxygen atoms in total. The van der Waals surface area contributed by atoms with Crippen LogP contribution in [-0.2, 0) is 9.84 Å². The first-order valence-electron chi connectivity index (χ1n) is 9.23. The average Bonchev–Trinajstić information content (AvgIpc) is 3.12. The number of nitrogens with one attached hydrogen (secondary N) is 2. The van der Waals surface area contributed by atoms with Gasteiger partial charge in [0, 0.05) is 13.1 Å². The zero-order valence-electron chi connectivity index (χ0n) is 15.9. The van der Waals surface area contributed by atoms with E-state index in [2.05, 4.69) is 34.4 Å². The van der Waals surface area contributed by atoms with Gasteiger partial charge < -0.3 is 10.6 Å². The Labute approximate surface area is 163 Å². The van der Waals surface area contributed by atoms with Gasteiger partial charge in [-0.1, -0.05) is 13.8 Å². The Hall–Kier alpha value is -1.74.